The monoisotopic (exact) mass is 323 g/mol. The van der Waals surface area contributed by atoms with E-state index in [1.165, 1.54) is 16.7 Å². The summed E-state index contributed by atoms with van der Waals surface area (Å²) in [7, 11) is 1.70. The molecule has 2 aromatic carbocycles. The van der Waals surface area contributed by atoms with Crippen LogP contribution in [0, 0.1) is 5.92 Å². The fraction of sp³-hybridized carbons (Fsp3) is 0.381. The molecule has 0 aromatic heterocycles. The van der Waals surface area contributed by atoms with Crippen molar-refractivity contribution >= 4 is 5.71 Å². The third kappa shape index (κ3) is 3.78. The van der Waals surface area contributed by atoms with Gasteiger partial charge < -0.3 is 9.47 Å². The molecule has 0 saturated carbocycles. The zero-order valence-electron chi connectivity index (χ0n) is 14.7. The number of ether oxygens (including phenoxy) is 2. The predicted octanol–water partition coefficient (Wildman–Crippen LogP) is 4.32. The first-order chi connectivity index (χ1) is 11.7. The first-order valence-corrected chi connectivity index (χ1v) is 8.58. The van der Waals surface area contributed by atoms with Crippen LogP contribution in [0.15, 0.2) is 47.5 Å². The van der Waals surface area contributed by atoms with Crippen LogP contribution in [-0.4, -0.2) is 26.0 Å². The molecule has 0 spiro atoms. The van der Waals surface area contributed by atoms with Gasteiger partial charge >= 0.3 is 0 Å². The van der Waals surface area contributed by atoms with E-state index in [0.717, 1.165) is 36.6 Å². The molecule has 0 radical (unpaired) electrons. The van der Waals surface area contributed by atoms with Crippen molar-refractivity contribution in [2.45, 2.75) is 26.7 Å². The summed E-state index contributed by atoms with van der Waals surface area (Å²) in [4.78, 5) is 4.77. The SMILES string of the molecule is COc1cc2c(cc1OCC(C)C)CCN=C2Cc1ccccc1. The molecule has 0 saturated heterocycles. The van der Waals surface area contributed by atoms with Gasteiger partial charge in [0.25, 0.3) is 0 Å². The Hall–Kier alpha value is -2.29. The highest BCUT2D eigenvalue weighted by atomic mass is 16.5. The zero-order valence-corrected chi connectivity index (χ0v) is 14.7. The second-order valence-corrected chi connectivity index (χ2v) is 6.61. The molecular weight excluding hydrogens is 298 g/mol. The van der Waals surface area contributed by atoms with Crippen molar-refractivity contribution in [1.82, 2.24) is 0 Å². The summed E-state index contributed by atoms with van der Waals surface area (Å²) in [6.07, 6.45) is 1.80. The van der Waals surface area contributed by atoms with Gasteiger partial charge in [0, 0.05) is 24.2 Å². The smallest absolute Gasteiger partial charge is 0.161 e. The lowest BCUT2D eigenvalue weighted by Gasteiger charge is -2.21. The van der Waals surface area contributed by atoms with E-state index in [1.54, 1.807) is 7.11 Å². The van der Waals surface area contributed by atoms with Crippen LogP contribution in [0.3, 0.4) is 0 Å². The summed E-state index contributed by atoms with van der Waals surface area (Å²) >= 11 is 0. The van der Waals surface area contributed by atoms with E-state index in [2.05, 4.69) is 50.2 Å². The number of benzene rings is 2. The van der Waals surface area contributed by atoms with Gasteiger partial charge in [-0.25, -0.2) is 0 Å². The first kappa shape index (κ1) is 16.6. The van der Waals surface area contributed by atoms with Crippen molar-refractivity contribution in [3.63, 3.8) is 0 Å². The number of nitrogens with zero attached hydrogens (tertiary/aromatic N) is 1. The van der Waals surface area contributed by atoms with E-state index in [4.69, 9.17) is 14.5 Å². The fourth-order valence-electron chi connectivity index (χ4n) is 2.94. The Morgan fingerprint density at radius 1 is 1.08 bits per heavy atom. The van der Waals surface area contributed by atoms with Gasteiger partial charge in [-0.1, -0.05) is 44.2 Å². The molecule has 3 nitrogen and oxygen atoms in total. The molecule has 0 fully saturated rings. The molecule has 1 aliphatic rings. The van der Waals surface area contributed by atoms with E-state index in [9.17, 15) is 0 Å². The van der Waals surface area contributed by atoms with Gasteiger partial charge in [0.15, 0.2) is 11.5 Å². The minimum absolute atomic E-state index is 0.487. The zero-order chi connectivity index (χ0) is 16.9. The maximum absolute atomic E-state index is 5.94. The molecule has 0 N–H and O–H groups in total. The van der Waals surface area contributed by atoms with Crippen LogP contribution in [0.4, 0.5) is 0 Å². The second kappa shape index (κ2) is 7.52. The Morgan fingerprint density at radius 3 is 2.58 bits per heavy atom. The van der Waals surface area contributed by atoms with Gasteiger partial charge in [0.1, 0.15) is 0 Å². The van der Waals surface area contributed by atoms with Gasteiger partial charge in [-0.15, -0.1) is 0 Å². The molecular formula is C21H25NO2. The van der Waals surface area contributed by atoms with E-state index in [-0.39, 0.29) is 0 Å². The average molecular weight is 323 g/mol. The molecule has 0 atom stereocenters. The van der Waals surface area contributed by atoms with Crippen molar-refractivity contribution in [3.8, 4) is 11.5 Å². The van der Waals surface area contributed by atoms with E-state index in [1.807, 2.05) is 6.07 Å². The largest absolute Gasteiger partial charge is 0.493 e. The molecule has 0 unspecified atom stereocenters. The van der Waals surface area contributed by atoms with Gasteiger partial charge in [-0.2, -0.15) is 0 Å². The van der Waals surface area contributed by atoms with Crippen LogP contribution >= 0.6 is 0 Å². The van der Waals surface area contributed by atoms with E-state index < -0.39 is 0 Å². The van der Waals surface area contributed by atoms with Crippen LogP contribution in [-0.2, 0) is 12.8 Å². The third-order valence-corrected chi connectivity index (χ3v) is 4.17. The number of rotatable bonds is 6. The van der Waals surface area contributed by atoms with Gasteiger partial charge in [0.2, 0.25) is 0 Å². The van der Waals surface area contributed by atoms with Crippen molar-refractivity contribution in [3.05, 3.63) is 59.2 Å². The van der Waals surface area contributed by atoms with E-state index >= 15 is 0 Å². The summed E-state index contributed by atoms with van der Waals surface area (Å²) in [5, 5.41) is 0. The molecule has 1 aliphatic heterocycles. The lowest BCUT2D eigenvalue weighted by atomic mass is 9.93. The molecule has 126 valence electrons. The van der Waals surface area contributed by atoms with Gasteiger partial charge in [-0.3, -0.25) is 4.99 Å². The highest BCUT2D eigenvalue weighted by Crippen LogP contribution is 2.33. The molecule has 0 bridgehead atoms. The normalized spacial score (nSPS) is 13.4. The quantitative estimate of drug-likeness (QED) is 0.793. The molecule has 0 amide bonds. The van der Waals surface area contributed by atoms with Crippen molar-refractivity contribution in [2.75, 3.05) is 20.3 Å². The molecule has 0 aliphatic carbocycles. The Labute approximate surface area is 144 Å². The maximum atomic E-state index is 5.94. The maximum Gasteiger partial charge on any atom is 0.161 e. The highest BCUT2D eigenvalue weighted by Gasteiger charge is 2.19. The Kier molecular flexibility index (Phi) is 5.19. The predicted molar refractivity (Wildman–Crippen MR) is 98.6 cm³/mol. The molecule has 2 aromatic rings. The minimum Gasteiger partial charge on any atom is -0.493 e. The van der Waals surface area contributed by atoms with Crippen LogP contribution < -0.4 is 9.47 Å². The lowest BCUT2D eigenvalue weighted by molar-refractivity contribution is 0.256. The number of hydrogen-bond acceptors (Lipinski definition) is 3. The summed E-state index contributed by atoms with van der Waals surface area (Å²) < 4.78 is 11.5. The Bertz CT molecular complexity index is 720. The number of hydrogen-bond donors (Lipinski definition) is 0. The Balaban J connectivity index is 1.89. The van der Waals surface area contributed by atoms with Crippen molar-refractivity contribution < 1.29 is 9.47 Å². The van der Waals surface area contributed by atoms with Crippen LogP contribution in [0.1, 0.15) is 30.5 Å². The van der Waals surface area contributed by atoms with Crippen LogP contribution in [0.5, 0.6) is 11.5 Å². The summed E-state index contributed by atoms with van der Waals surface area (Å²) in [6, 6.07) is 14.7. The summed E-state index contributed by atoms with van der Waals surface area (Å²) in [6.45, 7) is 5.83. The van der Waals surface area contributed by atoms with Gasteiger partial charge in [-0.05, 0) is 35.6 Å². The first-order valence-electron chi connectivity index (χ1n) is 8.58. The number of fused-ring (bicyclic) bond motifs is 1. The fourth-order valence-corrected chi connectivity index (χ4v) is 2.94. The number of methoxy groups -OCH3 is 1. The van der Waals surface area contributed by atoms with Crippen LogP contribution in [0.25, 0.3) is 0 Å². The average Bonchev–Trinajstić information content (AvgIpc) is 2.60. The lowest BCUT2D eigenvalue weighted by Crippen LogP contribution is -2.16. The van der Waals surface area contributed by atoms with Crippen molar-refractivity contribution in [1.29, 1.82) is 0 Å². The highest BCUT2D eigenvalue weighted by molar-refractivity contribution is 6.04. The Morgan fingerprint density at radius 2 is 1.88 bits per heavy atom. The molecule has 3 heteroatoms. The molecule has 24 heavy (non-hydrogen) atoms. The standard InChI is InChI=1S/C21H25NO2/c1-15(2)14-24-21-12-17-9-10-22-19(18(17)13-20(21)23-3)11-16-7-5-4-6-8-16/h4-8,12-13,15H,9-11,14H2,1-3H3. The van der Waals surface area contributed by atoms with Crippen molar-refractivity contribution in [2.24, 2.45) is 10.9 Å². The number of aliphatic imine (C=N–C) groups is 1. The van der Waals surface area contributed by atoms with E-state index in [0.29, 0.717) is 12.5 Å². The summed E-state index contributed by atoms with van der Waals surface area (Å²) in [5.41, 5.74) is 4.91. The van der Waals surface area contributed by atoms with Crippen LogP contribution in [0.2, 0.25) is 0 Å². The molecule has 1 heterocycles. The summed E-state index contributed by atoms with van der Waals surface area (Å²) in [5.74, 6) is 2.11. The van der Waals surface area contributed by atoms with Gasteiger partial charge in [0.05, 0.1) is 13.7 Å². The topological polar surface area (TPSA) is 30.8 Å². The minimum atomic E-state index is 0.487. The molecule has 3 rings (SSSR count). The third-order valence-electron chi connectivity index (χ3n) is 4.17. The second-order valence-electron chi connectivity index (χ2n) is 6.61.